The molecule has 8 heteroatoms. The number of benzene rings is 1. The maximum Gasteiger partial charge on any atom is 0.236 e. The van der Waals surface area contributed by atoms with Gasteiger partial charge in [0.15, 0.2) is 5.16 Å². The predicted molar refractivity (Wildman–Crippen MR) is 126 cm³/mol. The lowest BCUT2D eigenvalue weighted by Gasteiger charge is -2.37. The minimum atomic E-state index is -0.167. The summed E-state index contributed by atoms with van der Waals surface area (Å²) in [5.74, 6) is 1.21. The Bertz CT molecular complexity index is 1010. The lowest BCUT2D eigenvalue weighted by atomic mass is 10.2. The number of piperazine rings is 1. The van der Waals surface area contributed by atoms with Crippen molar-refractivity contribution in [2.45, 2.75) is 42.6 Å². The van der Waals surface area contributed by atoms with Gasteiger partial charge in [-0.05, 0) is 43.3 Å². The summed E-state index contributed by atoms with van der Waals surface area (Å²) in [6, 6.07) is 15.1. The molecule has 1 aliphatic heterocycles. The monoisotopic (exact) mass is 453 g/mol. The smallest absolute Gasteiger partial charge is 0.236 e. The van der Waals surface area contributed by atoms with E-state index in [2.05, 4.69) is 61.4 Å². The van der Waals surface area contributed by atoms with Gasteiger partial charge in [-0.3, -0.25) is 4.79 Å². The van der Waals surface area contributed by atoms with Crippen LogP contribution in [0.1, 0.15) is 36.5 Å². The third kappa shape index (κ3) is 4.65. The van der Waals surface area contributed by atoms with Crippen molar-refractivity contribution in [2.24, 2.45) is 0 Å². The summed E-state index contributed by atoms with van der Waals surface area (Å²) in [5.41, 5.74) is 1.23. The van der Waals surface area contributed by atoms with Gasteiger partial charge in [-0.15, -0.1) is 21.5 Å². The van der Waals surface area contributed by atoms with E-state index in [4.69, 9.17) is 0 Å². The number of carbonyl (C=O) groups is 1. The molecule has 1 aromatic carbocycles. The molecule has 31 heavy (non-hydrogen) atoms. The van der Waals surface area contributed by atoms with Gasteiger partial charge in [0.05, 0.1) is 5.25 Å². The summed E-state index contributed by atoms with van der Waals surface area (Å²) in [6.45, 7) is 5.27. The van der Waals surface area contributed by atoms with Crippen LogP contribution in [0.5, 0.6) is 0 Å². The number of hydrogen-bond donors (Lipinski definition) is 0. The molecular formula is C23H27N5OS2. The molecule has 3 aromatic rings. The van der Waals surface area contributed by atoms with Crippen LogP contribution in [0, 0.1) is 0 Å². The number of para-hydroxylation sites is 1. The largest absolute Gasteiger partial charge is 0.368 e. The van der Waals surface area contributed by atoms with Crippen molar-refractivity contribution in [3.05, 3.63) is 58.5 Å². The molecule has 2 aromatic heterocycles. The van der Waals surface area contributed by atoms with Crippen molar-refractivity contribution >= 4 is 34.7 Å². The average molecular weight is 454 g/mol. The summed E-state index contributed by atoms with van der Waals surface area (Å²) in [4.78, 5) is 18.8. The van der Waals surface area contributed by atoms with Crippen molar-refractivity contribution in [1.29, 1.82) is 0 Å². The minimum Gasteiger partial charge on any atom is -0.368 e. The quantitative estimate of drug-likeness (QED) is 0.504. The van der Waals surface area contributed by atoms with Crippen molar-refractivity contribution < 1.29 is 4.79 Å². The molecule has 1 atom stereocenters. The molecule has 0 unspecified atom stereocenters. The highest BCUT2D eigenvalue weighted by Gasteiger charge is 2.32. The van der Waals surface area contributed by atoms with Crippen molar-refractivity contribution in [2.75, 3.05) is 31.1 Å². The van der Waals surface area contributed by atoms with Crippen LogP contribution in [0.2, 0.25) is 0 Å². The Balaban J connectivity index is 1.22. The fraction of sp³-hybridized carbons (Fsp3) is 0.435. The highest BCUT2D eigenvalue weighted by Crippen LogP contribution is 2.40. The summed E-state index contributed by atoms with van der Waals surface area (Å²) in [7, 11) is 0. The van der Waals surface area contributed by atoms with Gasteiger partial charge in [0.25, 0.3) is 0 Å². The van der Waals surface area contributed by atoms with Crippen LogP contribution in [0.4, 0.5) is 5.69 Å². The number of rotatable bonds is 7. The van der Waals surface area contributed by atoms with Gasteiger partial charge in [-0.2, -0.15) is 0 Å². The van der Waals surface area contributed by atoms with E-state index in [0.29, 0.717) is 6.04 Å². The molecular weight excluding hydrogens is 426 g/mol. The molecule has 2 aliphatic rings. The topological polar surface area (TPSA) is 54.3 Å². The summed E-state index contributed by atoms with van der Waals surface area (Å²) in [6.07, 6.45) is 3.16. The zero-order valence-corrected chi connectivity index (χ0v) is 19.3. The normalized spacial score (nSPS) is 17.7. The average Bonchev–Trinajstić information content (AvgIpc) is 3.37. The van der Waals surface area contributed by atoms with E-state index in [1.165, 1.54) is 23.4 Å². The van der Waals surface area contributed by atoms with Crippen LogP contribution < -0.4 is 4.90 Å². The highest BCUT2D eigenvalue weighted by molar-refractivity contribution is 8.00. The van der Waals surface area contributed by atoms with Gasteiger partial charge in [-0.25, -0.2) is 0 Å². The van der Waals surface area contributed by atoms with Crippen LogP contribution in [0.3, 0.4) is 0 Å². The second kappa shape index (κ2) is 9.04. The molecule has 1 saturated carbocycles. The number of thiophene rings is 1. The van der Waals surface area contributed by atoms with E-state index in [1.54, 1.807) is 23.1 Å². The van der Waals surface area contributed by atoms with Crippen molar-refractivity contribution in [3.8, 4) is 0 Å². The van der Waals surface area contributed by atoms with Crippen LogP contribution >= 0.6 is 23.1 Å². The first kappa shape index (κ1) is 20.6. The summed E-state index contributed by atoms with van der Waals surface area (Å²) < 4.78 is 2.28. The molecule has 2 fully saturated rings. The van der Waals surface area contributed by atoms with Crippen LogP contribution in [0.15, 0.2) is 53.0 Å². The second-order valence-electron chi connectivity index (χ2n) is 8.16. The zero-order chi connectivity index (χ0) is 21.2. The Labute approximate surface area is 191 Å². The second-order valence-corrected chi connectivity index (χ2v) is 10.5. The molecule has 3 heterocycles. The van der Waals surface area contributed by atoms with Gasteiger partial charge in [-0.1, -0.05) is 36.0 Å². The Kier molecular flexibility index (Phi) is 6.00. The summed E-state index contributed by atoms with van der Waals surface area (Å²) >= 11 is 3.31. The van der Waals surface area contributed by atoms with Gasteiger partial charge in [0.1, 0.15) is 5.82 Å². The maximum atomic E-state index is 13.1. The molecule has 0 spiro atoms. The minimum absolute atomic E-state index is 0.167. The Morgan fingerprint density at radius 2 is 1.87 bits per heavy atom. The lowest BCUT2D eigenvalue weighted by molar-refractivity contribution is -0.130. The molecule has 0 radical (unpaired) electrons. The maximum absolute atomic E-state index is 13.1. The van der Waals surface area contributed by atoms with Gasteiger partial charge < -0.3 is 14.4 Å². The SMILES string of the molecule is C[C@@H](Sc1nnc(Cc2cccs2)n1C1CC1)C(=O)N1CCN(c2ccccc2)CC1. The molecule has 0 N–H and O–H groups in total. The van der Waals surface area contributed by atoms with Crippen molar-refractivity contribution in [3.63, 3.8) is 0 Å². The van der Waals surface area contributed by atoms with Crippen LogP contribution in [-0.4, -0.2) is 57.0 Å². The first-order valence-electron chi connectivity index (χ1n) is 10.9. The van der Waals surface area contributed by atoms with E-state index < -0.39 is 0 Å². The number of carbonyl (C=O) groups excluding carboxylic acids is 1. The standard InChI is InChI=1S/C23H27N5OS2/c1-17(22(29)27-13-11-26(12-14-27)18-6-3-2-4-7-18)31-23-25-24-21(28(23)19-9-10-19)16-20-8-5-15-30-20/h2-8,15,17,19H,9-14,16H2,1H3/t17-/m1/s1. The Morgan fingerprint density at radius 3 is 2.55 bits per heavy atom. The summed E-state index contributed by atoms with van der Waals surface area (Å²) in [5, 5.41) is 11.8. The van der Waals surface area contributed by atoms with Crippen LogP contribution in [0.25, 0.3) is 0 Å². The first-order chi connectivity index (χ1) is 15.2. The van der Waals surface area contributed by atoms with Gasteiger partial charge in [0, 0.05) is 49.2 Å². The third-order valence-corrected chi connectivity index (χ3v) is 7.82. The first-order valence-corrected chi connectivity index (χ1v) is 12.7. The lowest BCUT2D eigenvalue weighted by Crippen LogP contribution is -2.50. The Morgan fingerprint density at radius 1 is 1.10 bits per heavy atom. The molecule has 1 saturated heterocycles. The molecule has 0 bridgehead atoms. The number of anilines is 1. The molecule has 162 valence electrons. The van der Waals surface area contributed by atoms with Crippen molar-refractivity contribution in [1.82, 2.24) is 19.7 Å². The molecule has 1 aliphatic carbocycles. The fourth-order valence-corrected chi connectivity index (χ4v) is 5.79. The molecule has 5 rings (SSSR count). The predicted octanol–water partition coefficient (Wildman–Crippen LogP) is 4.09. The Hall–Kier alpha value is -2.32. The highest BCUT2D eigenvalue weighted by atomic mass is 32.2. The van der Waals surface area contributed by atoms with Gasteiger partial charge >= 0.3 is 0 Å². The zero-order valence-electron chi connectivity index (χ0n) is 17.7. The fourth-order valence-electron chi connectivity index (χ4n) is 4.07. The third-order valence-electron chi connectivity index (χ3n) is 5.90. The van der Waals surface area contributed by atoms with E-state index in [1.807, 2.05) is 17.9 Å². The number of aromatic nitrogens is 3. The van der Waals surface area contributed by atoms with E-state index >= 15 is 0 Å². The number of hydrogen-bond acceptors (Lipinski definition) is 6. The van der Waals surface area contributed by atoms with Crippen LogP contribution in [-0.2, 0) is 11.2 Å². The number of thioether (sulfide) groups is 1. The van der Waals surface area contributed by atoms with Gasteiger partial charge in [0.2, 0.25) is 5.91 Å². The van der Waals surface area contributed by atoms with E-state index in [0.717, 1.165) is 43.6 Å². The van der Waals surface area contributed by atoms with E-state index in [9.17, 15) is 4.79 Å². The molecule has 6 nitrogen and oxygen atoms in total. The van der Waals surface area contributed by atoms with E-state index in [-0.39, 0.29) is 11.2 Å². The number of nitrogens with zero attached hydrogens (tertiary/aromatic N) is 5. The molecule has 1 amide bonds. The number of amides is 1.